The molecule has 0 fully saturated rings. The molecule has 5 nitrogen and oxygen atoms in total. The Morgan fingerprint density at radius 1 is 1.35 bits per heavy atom. The summed E-state index contributed by atoms with van der Waals surface area (Å²) < 4.78 is 5.00. The molecular weight excluding hydrogens is 312 g/mol. The zero-order chi connectivity index (χ0) is 16.7. The second-order valence-electron chi connectivity index (χ2n) is 5.15. The van der Waals surface area contributed by atoms with Crippen molar-refractivity contribution in [2.45, 2.75) is 6.92 Å². The van der Waals surface area contributed by atoms with E-state index in [4.69, 9.17) is 9.84 Å². The van der Waals surface area contributed by atoms with Gasteiger partial charge in [0.05, 0.1) is 13.2 Å². The lowest BCUT2D eigenvalue weighted by molar-refractivity contribution is 0.142. The molecule has 0 unspecified atom stereocenters. The van der Waals surface area contributed by atoms with Gasteiger partial charge in [0.25, 0.3) is 0 Å². The molecule has 0 bridgehead atoms. The Balaban J connectivity index is 2.10. The number of aliphatic hydroxyl groups excluding tert-OH is 1. The SMILES string of the molecule is COCCN(CCO)C(=O)Nc1cccc(-c2sccc2C)c1. The van der Waals surface area contributed by atoms with E-state index in [2.05, 4.69) is 23.7 Å². The van der Waals surface area contributed by atoms with Gasteiger partial charge in [0.15, 0.2) is 0 Å². The summed E-state index contributed by atoms with van der Waals surface area (Å²) in [5.74, 6) is 0. The number of rotatable bonds is 7. The van der Waals surface area contributed by atoms with Gasteiger partial charge < -0.3 is 20.1 Å². The Bertz CT molecular complexity index is 642. The highest BCUT2D eigenvalue weighted by Crippen LogP contribution is 2.30. The Morgan fingerprint density at radius 2 is 2.17 bits per heavy atom. The summed E-state index contributed by atoms with van der Waals surface area (Å²) in [6, 6.07) is 9.62. The normalized spacial score (nSPS) is 10.6. The Hall–Kier alpha value is -1.89. The summed E-state index contributed by atoms with van der Waals surface area (Å²) in [6.07, 6.45) is 0. The van der Waals surface area contributed by atoms with Crippen molar-refractivity contribution in [2.24, 2.45) is 0 Å². The summed E-state index contributed by atoms with van der Waals surface area (Å²) >= 11 is 1.68. The van der Waals surface area contributed by atoms with Crippen LogP contribution < -0.4 is 5.32 Å². The van der Waals surface area contributed by atoms with Gasteiger partial charge in [-0.1, -0.05) is 12.1 Å². The Kier molecular flexibility index (Phi) is 6.58. The molecule has 1 aromatic carbocycles. The van der Waals surface area contributed by atoms with E-state index in [-0.39, 0.29) is 19.2 Å². The van der Waals surface area contributed by atoms with Crippen LogP contribution in [0, 0.1) is 6.92 Å². The molecule has 0 aliphatic rings. The Labute approximate surface area is 140 Å². The van der Waals surface area contributed by atoms with E-state index >= 15 is 0 Å². The van der Waals surface area contributed by atoms with E-state index in [1.807, 2.05) is 24.3 Å². The number of hydrogen-bond donors (Lipinski definition) is 2. The molecule has 2 amide bonds. The molecule has 23 heavy (non-hydrogen) atoms. The fraction of sp³-hybridized carbons (Fsp3) is 0.353. The number of benzene rings is 1. The maximum absolute atomic E-state index is 12.3. The van der Waals surface area contributed by atoms with Gasteiger partial charge in [-0.05, 0) is 41.6 Å². The van der Waals surface area contributed by atoms with Crippen molar-refractivity contribution in [3.8, 4) is 10.4 Å². The number of amides is 2. The summed E-state index contributed by atoms with van der Waals surface area (Å²) in [6.45, 7) is 3.14. The third-order valence-corrected chi connectivity index (χ3v) is 4.53. The number of carbonyl (C=O) groups is 1. The molecule has 2 N–H and O–H groups in total. The highest BCUT2D eigenvalue weighted by molar-refractivity contribution is 7.13. The van der Waals surface area contributed by atoms with Gasteiger partial charge in [-0.25, -0.2) is 4.79 Å². The van der Waals surface area contributed by atoms with Crippen LogP contribution in [0.4, 0.5) is 10.5 Å². The first-order valence-corrected chi connectivity index (χ1v) is 8.34. The minimum Gasteiger partial charge on any atom is -0.395 e. The largest absolute Gasteiger partial charge is 0.395 e. The molecule has 0 saturated carbocycles. The lowest BCUT2D eigenvalue weighted by Crippen LogP contribution is -2.39. The molecule has 0 atom stereocenters. The number of thiophene rings is 1. The topological polar surface area (TPSA) is 61.8 Å². The summed E-state index contributed by atoms with van der Waals surface area (Å²) in [7, 11) is 1.59. The van der Waals surface area contributed by atoms with Gasteiger partial charge in [0.1, 0.15) is 0 Å². The third kappa shape index (κ3) is 4.79. The van der Waals surface area contributed by atoms with Crippen molar-refractivity contribution in [1.29, 1.82) is 0 Å². The highest BCUT2D eigenvalue weighted by Gasteiger charge is 2.13. The maximum atomic E-state index is 12.3. The number of aryl methyl sites for hydroxylation is 1. The van der Waals surface area contributed by atoms with E-state index in [0.29, 0.717) is 13.2 Å². The van der Waals surface area contributed by atoms with Crippen LogP contribution in [0.25, 0.3) is 10.4 Å². The summed E-state index contributed by atoms with van der Waals surface area (Å²) in [5.41, 5.74) is 3.04. The number of anilines is 1. The van der Waals surface area contributed by atoms with Gasteiger partial charge in [-0.2, -0.15) is 0 Å². The molecule has 6 heteroatoms. The first-order chi connectivity index (χ1) is 11.2. The molecule has 0 aliphatic carbocycles. The molecule has 1 heterocycles. The van der Waals surface area contributed by atoms with Crippen molar-refractivity contribution < 1.29 is 14.6 Å². The minimum absolute atomic E-state index is 0.0778. The fourth-order valence-corrected chi connectivity index (χ4v) is 3.17. The van der Waals surface area contributed by atoms with E-state index < -0.39 is 0 Å². The van der Waals surface area contributed by atoms with Crippen molar-refractivity contribution >= 4 is 23.1 Å². The van der Waals surface area contributed by atoms with Crippen LogP contribution in [0.3, 0.4) is 0 Å². The predicted octanol–water partition coefficient (Wildman–Crippen LogP) is 3.20. The molecule has 0 saturated heterocycles. The smallest absolute Gasteiger partial charge is 0.321 e. The van der Waals surface area contributed by atoms with E-state index in [9.17, 15) is 4.79 Å². The zero-order valence-corrected chi connectivity index (χ0v) is 14.2. The van der Waals surface area contributed by atoms with Crippen LogP contribution >= 0.6 is 11.3 Å². The lowest BCUT2D eigenvalue weighted by atomic mass is 10.1. The second kappa shape index (κ2) is 8.67. The van der Waals surface area contributed by atoms with Crippen molar-refractivity contribution in [1.82, 2.24) is 4.90 Å². The van der Waals surface area contributed by atoms with Crippen molar-refractivity contribution in [2.75, 3.05) is 38.7 Å². The molecule has 0 radical (unpaired) electrons. The third-order valence-electron chi connectivity index (χ3n) is 3.46. The van der Waals surface area contributed by atoms with Gasteiger partial charge in [-0.3, -0.25) is 0 Å². The summed E-state index contributed by atoms with van der Waals surface area (Å²) in [5, 5.41) is 14.0. The molecule has 2 aromatic rings. The minimum atomic E-state index is -0.240. The number of ether oxygens (including phenoxy) is 1. The average Bonchev–Trinajstić information content (AvgIpc) is 2.97. The number of hydrogen-bond acceptors (Lipinski definition) is 4. The predicted molar refractivity (Wildman–Crippen MR) is 94.0 cm³/mol. The van der Waals surface area contributed by atoms with E-state index in [1.165, 1.54) is 15.3 Å². The number of nitrogens with zero attached hydrogens (tertiary/aromatic N) is 1. The monoisotopic (exact) mass is 334 g/mol. The second-order valence-corrected chi connectivity index (χ2v) is 6.06. The van der Waals surface area contributed by atoms with Crippen molar-refractivity contribution in [3.05, 3.63) is 41.3 Å². The summed E-state index contributed by atoms with van der Waals surface area (Å²) in [4.78, 5) is 15.1. The standard InChI is InChI=1S/C17H22N2O3S/c1-13-6-11-23-16(13)14-4-3-5-15(12-14)18-17(21)19(7-9-20)8-10-22-2/h3-6,11-12,20H,7-10H2,1-2H3,(H,18,21). The average molecular weight is 334 g/mol. The number of nitrogens with one attached hydrogen (secondary N) is 1. The number of urea groups is 1. The number of methoxy groups -OCH3 is 1. The first-order valence-electron chi connectivity index (χ1n) is 7.46. The molecule has 0 spiro atoms. The number of carbonyl (C=O) groups excluding carboxylic acids is 1. The van der Waals surface area contributed by atoms with Gasteiger partial charge in [-0.15, -0.1) is 11.3 Å². The van der Waals surface area contributed by atoms with E-state index in [0.717, 1.165) is 11.3 Å². The van der Waals surface area contributed by atoms with Gasteiger partial charge in [0.2, 0.25) is 0 Å². The molecule has 124 valence electrons. The van der Waals surface area contributed by atoms with Crippen LogP contribution in [-0.2, 0) is 4.74 Å². The molecule has 1 aromatic heterocycles. The van der Waals surface area contributed by atoms with E-state index in [1.54, 1.807) is 18.4 Å². The molecular formula is C17H22N2O3S. The Morgan fingerprint density at radius 3 is 2.83 bits per heavy atom. The van der Waals surface area contributed by atoms with Crippen LogP contribution in [0.5, 0.6) is 0 Å². The van der Waals surface area contributed by atoms with Crippen LogP contribution in [-0.4, -0.2) is 49.5 Å². The first kappa shape index (κ1) is 17.5. The van der Waals surface area contributed by atoms with Crippen LogP contribution in [0.1, 0.15) is 5.56 Å². The van der Waals surface area contributed by atoms with Crippen LogP contribution in [0.15, 0.2) is 35.7 Å². The zero-order valence-electron chi connectivity index (χ0n) is 13.4. The van der Waals surface area contributed by atoms with Gasteiger partial charge >= 0.3 is 6.03 Å². The quantitative estimate of drug-likeness (QED) is 0.817. The van der Waals surface area contributed by atoms with Crippen molar-refractivity contribution in [3.63, 3.8) is 0 Å². The number of aliphatic hydroxyl groups is 1. The van der Waals surface area contributed by atoms with Gasteiger partial charge in [0, 0.05) is 30.8 Å². The lowest BCUT2D eigenvalue weighted by Gasteiger charge is -2.22. The van der Waals surface area contributed by atoms with Crippen LogP contribution in [0.2, 0.25) is 0 Å². The molecule has 0 aliphatic heterocycles. The maximum Gasteiger partial charge on any atom is 0.321 e. The molecule has 2 rings (SSSR count). The fourth-order valence-electron chi connectivity index (χ4n) is 2.25. The highest BCUT2D eigenvalue weighted by atomic mass is 32.1.